The van der Waals surface area contributed by atoms with Gasteiger partial charge in [-0.05, 0) is 12.8 Å². The number of aliphatic hydroxyl groups is 2. The summed E-state index contributed by atoms with van der Waals surface area (Å²) in [6.45, 7) is 0.676. The fraction of sp³-hybridized carbons (Fsp3) is 1.00. The van der Waals surface area contributed by atoms with Crippen molar-refractivity contribution in [3.05, 3.63) is 0 Å². The van der Waals surface area contributed by atoms with Crippen LogP contribution in [-0.4, -0.2) is 23.4 Å². The van der Waals surface area contributed by atoms with Gasteiger partial charge in [0.25, 0.3) is 0 Å². The van der Waals surface area contributed by atoms with E-state index < -0.39 is 0 Å². The number of hydrogen-bond donors (Lipinski definition) is 2. The Hall–Kier alpha value is 0.517. The van der Waals surface area contributed by atoms with Gasteiger partial charge in [-0.1, -0.05) is 38.5 Å². The smallest absolute Gasteiger partial charge is 1.00 e. The maximum Gasteiger partial charge on any atom is 1.00 e. The van der Waals surface area contributed by atoms with Crippen molar-refractivity contribution in [3.8, 4) is 0 Å². The van der Waals surface area contributed by atoms with Crippen molar-refractivity contribution in [1.82, 2.24) is 0 Å². The monoisotopic (exact) mass is 182 g/mol. The molecule has 0 aliphatic rings. The zero-order valence-corrected chi connectivity index (χ0v) is 8.97. The van der Waals surface area contributed by atoms with E-state index >= 15 is 0 Å². The molecule has 0 amide bonds. The Labute approximate surface area is 95.4 Å². The maximum atomic E-state index is 8.51. The standard InChI is InChI=1S/C10H22O2.Li.H/c11-9-7-5-3-1-2-4-6-8-10-12;;/h11-12H,1-10H2;;/q;+1;-1. The third-order valence-corrected chi connectivity index (χ3v) is 2.07. The molecule has 0 atom stereocenters. The first-order valence-corrected chi connectivity index (χ1v) is 5.13. The molecule has 0 aromatic heterocycles. The zero-order chi connectivity index (χ0) is 9.07. The molecule has 0 saturated heterocycles. The van der Waals surface area contributed by atoms with Gasteiger partial charge in [-0.15, -0.1) is 0 Å². The minimum Gasteiger partial charge on any atom is -1.00 e. The second kappa shape index (κ2) is 15.0. The van der Waals surface area contributed by atoms with E-state index in [0.29, 0.717) is 13.2 Å². The molecule has 0 aromatic carbocycles. The van der Waals surface area contributed by atoms with Gasteiger partial charge in [0.05, 0.1) is 0 Å². The van der Waals surface area contributed by atoms with Crippen molar-refractivity contribution in [2.24, 2.45) is 0 Å². The van der Waals surface area contributed by atoms with Gasteiger partial charge in [0, 0.05) is 13.2 Å². The Bertz CT molecular complexity index is 74.5. The summed E-state index contributed by atoms with van der Waals surface area (Å²) in [5, 5.41) is 17.0. The molecular formula is C10H23LiO2. The summed E-state index contributed by atoms with van der Waals surface area (Å²) in [5.74, 6) is 0. The van der Waals surface area contributed by atoms with Crippen LogP contribution in [0.1, 0.15) is 52.8 Å². The summed E-state index contributed by atoms with van der Waals surface area (Å²) in [6.07, 6.45) is 9.30. The van der Waals surface area contributed by atoms with Crippen molar-refractivity contribution >= 4 is 0 Å². The van der Waals surface area contributed by atoms with Gasteiger partial charge in [0.1, 0.15) is 0 Å². The van der Waals surface area contributed by atoms with Crippen LogP contribution in [-0.2, 0) is 0 Å². The summed E-state index contributed by atoms with van der Waals surface area (Å²) < 4.78 is 0. The fourth-order valence-corrected chi connectivity index (χ4v) is 1.28. The largest absolute Gasteiger partial charge is 1.00 e. The van der Waals surface area contributed by atoms with Crippen molar-refractivity contribution in [2.75, 3.05) is 13.2 Å². The van der Waals surface area contributed by atoms with Crippen LogP contribution in [0.15, 0.2) is 0 Å². The molecule has 13 heavy (non-hydrogen) atoms. The SMILES string of the molecule is OCCCCCCCCCCO.[H-].[Li+]. The van der Waals surface area contributed by atoms with Gasteiger partial charge in [-0.25, -0.2) is 0 Å². The maximum absolute atomic E-state index is 8.51. The van der Waals surface area contributed by atoms with Crippen LogP contribution in [0.25, 0.3) is 0 Å². The summed E-state index contributed by atoms with van der Waals surface area (Å²) in [6, 6.07) is 0. The number of unbranched alkanes of at least 4 members (excludes halogenated alkanes) is 7. The Morgan fingerprint density at radius 2 is 0.769 bits per heavy atom. The van der Waals surface area contributed by atoms with Crippen LogP contribution < -0.4 is 18.9 Å². The van der Waals surface area contributed by atoms with Crippen LogP contribution in [0.5, 0.6) is 0 Å². The Balaban J connectivity index is -0.000000605. The number of rotatable bonds is 9. The Morgan fingerprint density at radius 3 is 1.00 bits per heavy atom. The molecule has 0 unspecified atom stereocenters. The minimum absolute atomic E-state index is 0. The van der Waals surface area contributed by atoms with Gasteiger partial charge < -0.3 is 11.6 Å². The molecule has 2 nitrogen and oxygen atoms in total. The molecule has 0 heterocycles. The van der Waals surface area contributed by atoms with E-state index in [4.69, 9.17) is 10.2 Å². The first-order chi connectivity index (χ1) is 5.91. The summed E-state index contributed by atoms with van der Waals surface area (Å²) >= 11 is 0. The molecule has 0 saturated carbocycles. The summed E-state index contributed by atoms with van der Waals surface area (Å²) in [7, 11) is 0. The molecule has 76 valence electrons. The van der Waals surface area contributed by atoms with Crippen LogP contribution >= 0.6 is 0 Å². The molecule has 0 rings (SSSR count). The van der Waals surface area contributed by atoms with E-state index in [1.54, 1.807) is 0 Å². The third kappa shape index (κ3) is 15.3. The molecule has 0 aliphatic carbocycles. The van der Waals surface area contributed by atoms with Crippen molar-refractivity contribution < 1.29 is 30.5 Å². The number of aliphatic hydroxyl groups excluding tert-OH is 2. The zero-order valence-electron chi connectivity index (χ0n) is 9.97. The van der Waals surface area contributed by atoms with Gasteiger partial charge in [0.2, 0.25) is 0 Å². The quantitative estimate of drug-likeness (QED) is 0.362. The van der Waals surface area contributed by atoms with Crippen molar-refractivity contribution in [1.29, 1.82) is 0 Å². The third-order valence-electron chi connectivity index (χ3n) is 2.07. The number of hydrogen-bond acceptors (Lipinski definition) is 2. The van der Waals surface area contributed by atoms with Gasteiger partial charge in [-0.3, -0.25) is 0 Å². The molecule has 2 N–H and O–H groups in total. The van der Waals surface area contributed by atoms with Crippen LogP contribution in [0.4, 0.5) is 0 Å². The van der Waals surface area contributed by atoms with Crippen molar-refractivity contribution in [2.45, 2.75) is 51.4 Å². The molecule has 0 aromatic rings. The molecular weight excluding hydrogens is 159 g/mol. The Kier molecular flexibility index (Phi) is 18.4. The van der Waals surface area contributed by atoms with E-state index in [2.05, 4.69) is 0 Å². The molecule has 0 fully saturated rings. The second-order valence-electron chi connectivity index (χ2n) is 3.28. The van der Waals surface area contributed by atoms with Crippen LogP contribution in [0.2, 0.25) is 0 Å². The topological polar surface area (TPSA) is 40.5 Å². The van der Waals surface area contributed by atoms with E-state index in [9.17, 15) is 0 Å². The summed E-state index contributed by atoms with van der Waals surface area (Å²) in [4.78, 5) is 0. The first kappa shape index (κ1) is 16.0. The van der Waals surface area contributed by atoms with E-state index in [-0.39, 0.29) is 20.3 Å². The van der Waals surface area contributed by atoms with Crippen LogP contribution in [0.3, 0.4) is 0 Å². The predicted octanol–water partition coefficient (Wildman–Crippen LogP) is -0.792. The first-order valence-electron chi connectivity index (χ1n) is 5.13. The Morgan fingerprint density at radius 1 is 0.538 bits per heavy atom. The van der Waals surface area contributed by atoms with Crippen LogP contribution in [0, 0.1) is 0 Å². The normalized spacial score (nSPS) is 9.69. The van der Waals surface area contributed by atoms with E-state index in [0.717, 1.165) is 25.7 Å². The van der Waals surface area contributed by atoms with Gasteiger partial charge >= 0.3 is 18.9 Å². The average molecular weight is 182 g/mol. The fourth-order valence-electron chi connectivity index (χ4n) is 1.28. The average Bonchev–Trinajstić information content (AvgIpc) is 2.10. The molecule has 3 heteroatoms. The van der Waals surface area contributed by atoms with Gasteiger partial charge in [0.15, 0.2) is 0 Å². The van der Waals surface area contributed by atoms with E-state index in [1.165, 1.54) is 25.7 Å². The van der Waals surface area contributed by atoms with E-state index in [1.807, 2.05) is 0 Å². The summed E-state index contributed by atoms with van der Waals surface area (Å²) in [5.41, 5.74) is 0. The molecule has 0 aliphatic heterocycles. The van der Waals surface area contributed by atoms with Gasteiger partial charge in [-0.2, -0.15) is 0 Å². The predicted molar refractivity (Wildman–Crippen MR) is 52.2 cm³/mol. The van der Waals surface area contributed by atoms with Crippen molar-refractivity contribution in [3.63, 3.8) is 0 Å². The minimum atomic E-state index is 0. The molecule has 0 radical (unpaired) electrons. The molecule has 0 bridgehead atoms. The molecule has 0 spiro atoms. The second-order valence-corrected chi connectivity index (χ2v) is 3.28.